The monoisotopic (exact) mass is 705 g/mol. The van der Waals surface area contributed by atoms with E-state index < -0.39 is 32.1 Å². The molecule has 0 atom stereocenters. The average molecular weight is 706 g/mol. The Morgan fingerprint density at radius 3 is 2.39 bits per heavy atom. The number of hydrogen-bond donors (Lipinski definition) is 3. The number of pyridine rings is 1. The topological polar surface area (TPSA) is 174 Å². The van der Waals surface area contributed by atoms with Crippen LogP contribution in [0.1, 0.15) is 53.8 Å². The normalized spacial score (nSPS) is 22.0. The fourth-order valence-corrected chi connectivity index (χ4v) is 7.37. The molecule has 0 spiro atoms. The van der Waals surface area contributed by atoms with Crippen molar-refractivity contribution in [3.63, 3.8) is 0 Å². The van der Waals surface area contributed by atoms with Crippen LogP contribution in [0.25, 0.3) is 0 Å². The molecule has 3 aromatic rings. The molecule has 3 aliphatic carbocycles. The number of aromatic nitrogens is 3. The van der Waals surface area contributed by atoms with Gasteiger partial charge in [0.25, 0.3) is 21.7 Å². The van der Waals surface area contributed by atoms with Crippen molar-refractivity contribution >= 4 is 38.8 Å². The van der Waals surface area contributed by atoms with Crippen LogP contribution in [-0.2, 0) is 14.6 Å². The molecule has 2 aromatic heterocycles. The highest BCUT2D eigenvalue weighted by molar-refractivity contribution is 7.92. The summed E-state index contributed by atoms with van der Waals surface area (Å²) in [5.74, 6) is -1.39. The summed E-state index contributed by atoms with van der Waals surface area (Å²) in [6.07, 6.45) is 4.70. The van der Waals surface area contributed by atoms with Crippen molar-refractivity contribution in [2.75, 3.05) is 49.4 Å². The van der Waals surface area contributed by atoms with Gasteiger partial charge in [-0.2, -0.15) is 13.2 Å². The van der Waals surface area contributed by atoms with Crippen molar-refractivity contribution in [2.24, 2.45) is 0 Å². The molecule has 1 saturated heterocycles. The Kier molecular flexibility index (Phi) is 8.91. The summed E-state index contributed by atoms with van der Waals surface area (Å²) in [7, 11) is -4.37. The molecule has 0 unspecified atom stereocenters. The number of benzene rings is 1. The molecule has 7 rings (SSSR count). The molecule has 4 fully saturated rings. The fourth-order valence-electron chi connectivity index (χ4n) is 6.57. The van der Waals surface area contributed by atoms with Gasteiger partial charge in [-0.05, 0) is 51.3 Å². The van der Waals surface area contributed by atoms with Crippen molar-refractivity contribution < 1.29 is 45.4 Å². The number of sulfone groups is 1. The van der Waals surface area contributed by atoms with Crippen LogP contribution < -0.4 is 25.4 Å². The van der Waals surface area contributed by atoms with Crippen LogP contribution in [0.15, 0.2) is 47.8 Å². The Bertz CT molecular complexity index is 1870. The Hall–Kier alpha value is -4.55. The van der Waals surface area contributed by atoms with E-state index in [2.05, 4.69) is 35.8 Å². The van der Waals surface area contributed by atoms with E-state index >= 15 is 0 Å². The minimum Gasteiger partial charge on any atom is -0.481 e. The number of carbonyl (C=O) groups is 2. The lowest BCUT2D eigenvalue weighted by atomic mass is 9.43. The SMILES string of the molecule is COc1cc(C(=O)Nc2cccc(S(=O)(=O)C(F)(F)F)c2)c(NC(=O)c2c(NC34CC(N5CCOCC5)(C3)C4)ncnc2OC(C)C)cn1. The van der Waals surface area contributed by atoms with Crippen LogP contribution >= 0.6 is 0 Å². The van der Waals surface area contributed by atoms with E-state index in [9.17, 15) is 31.2 Å². The van der Waals surface area contributed by atoms with Gasteiger partial charge in [-0.25, -0.2) is 23.4 Å². The van der Waals surface area contributed by atoms with Crippen LogP contribution in [0.4, 0.5) is 30.4 Å². The zero-order valence-corrected chi connectivity index (χ0v) is 27.6. The van der Waals surface area contributed by atoms with Gasteiger partial charge in [-0.15, -0.1) is 0 Å². The lowest BCUT2D eigenvalue weighted by Gasteiger charge is -2.74. The first kappa shape index (κ1) is 34.3. The second kappa shape index (κ2) is 12.7. The Labute approximate surface area is 279 Å². The van der Waals surface area contributed by atoms with Crippen molar-refractivity contribution in [1.29, 1.82) is 0 Å². The number of hydrogen-bond acceptors (Lipinski definition) is 12. The van der Waals surface area contributed by atoms with E-state index in [1.807, 2.05) is 0 Å². The number of methoxy groups -OCH3 is 1. The molecular formula is C31H34F3N7O7S. The number of halogens is 3. The predicted molar refractivity (Wildman–Crippen MR) is 170 cm³/mol. The molecule has 2 amide bonds. The van der Waals surface area contributed by atoms with Crippen molar-refractivity contribution in [2.45, 2.75) is 60.7 Å². The van der Waals surface area contributed by atoms with Crippen molar-refractivity contribution in [1.82, 2.24) is 19.9 Å². The van der Waals surface area contributed by atoms with Gasteiger partial charge >= 0.3 is 5.51 Å². The molecule has 1 aliphatic heterocycles. The maximum Gasteiger partial charge on any atom is 0.501 e. The summed E-state index contributed by atoms with van der Waals surface area (Å²) in [6.45, 7) is 6.67. The van der Waals surface area contributed by atoms with Gasteiger partial charge in [0.2, 0.25) is 11.8 Å². The smallest absolute Gasteiger partial charge is 0.481 e. The van der Waals surface area contributed by atoms with Crippen LogP contribution in [0.3, 0.4) is 0 Å². The Morgan fingerprint density at radius 2 is 1.73 bits per heavy atom. The van der Waals surface area contributed by atoms with Gasteiger partial charge in [0.1, 0.15) is 17.7 Å². The third-order valence-electron chi connectivity index (χ3n) is 8.74. The first-order chi connectivity index (χ1) is 23.2. The van der Waals surface area contributed by atoms with E-state index in [1.165, 1.54) is 31.8 Å². The average Bonchev–Trinajstić information content (AvgIpc) is 3.02. The van der Waals surface area contributed by atoms with Crippen LogP contribution in [-0.4, -0.2) is 96.2 Å². The molecule has 3 saturated carbocycles. The third-order valence-corrected chi connectivity index (χ3v) is 10.2. The number of alkyl halides is 3. The molecule has 49 heavy (non-hydrogen) atoms. The molecule has 14 nitrogen and oxygen atoms in total. The van der Waals surface area contributed by atoms with Gasteiger partial charge in [0.05, 0.1) is 48.8 Å². The molecule has 3 N–H and O–H groups in total. The summed E-state index contributed by atoms with van der Waals surface area (Å²) >= 11 is 0. The number of carbonyl (C=O) groups excluding carboxylic acids is 2. The molecular weight excluding hydrogens is 671 g/mol. The summed E-state index contributed by atoms with van der Waals surface area (Å²) in [4.78, 5) is 41.5. The third kappa shape index (κ3) is 6.59. The van der Waals surface area contributed by atoms with Gasteiger partial charge in [-0.3, -0.25) is 14.5 Å². The molecule has 262 valence electrons. The number of nitrogens with zero attached hydrogens (tertiary/aromatic N) is 4. The number of ether oxygens (including phenoxy) is 3. The number of rotatable bonds is 11. The number of morpholine rings is 1. The molecule has 1 aromatic carbocycles. The second-order valence-electron chi connectivity index (χ2n) is 12.5. The fraction of sp³-hybridized carbons (Fsp3) is 0.452. The van der Waals surface area contributed by atoms with Crippen molar-refractivity contribution in [3.05, 3.63) is 54.0 Å². The quantitative estimate of drug-likeness (QED) is 0.263. The highest BCUT2D eigenvalue weighted by Crippen LogP contribution is 2.65. The standard InChI is InChI=1S/C31H34F3N7O7S/c1-18(2)48-28-24(25(36-17-37-28)40-29-14-30(15-29,16-29)41-7-9-47-10-8-41)27(43)39-22-13-35-23(46-3)12-21(22)26(42)38-19-5-4-6-20(11-19)49(44,45)31(32,33)34/h4-6,11-13,17-18H,7-10,14-16H2,1-3H3,(H,38,42)(H,39,43)(H,36,37,40). The maximum atomic E-state index is 14.0. The van der Waals surface area contributed by atoms with Crippen LogP contribution in [0.2, 0.25) is 0 Å². The summed E-state index contributed by atoms with van der Waals surface area (Å²) < 4.78 is 79.8. The van der Waals surface area contributed by atoms with Crippen molar-refractivity contribution in [3.8, 4) is 11.8 Å². The Balaban J connectivity index is 1.26. The lowest BCUT2D eigenvalue weighted by molar-refractivity contribution is -0.172. The van der Waals surface area contributed by atoms with Gasteiger partial charge < -0.3 is 30.2 Å². The van der Waals surface area contributed by atoms with E-state index in [1.54, 1.807) is 13.8 Å². The molecule has 3 heterocycles. The molecule has 4 aliphatic rings. The summed E-state index contributed by atoms with van der Waals surface area (Å²) in [5.41, 5.74) is -6.24. The van der Waals surface area contributed by atoms with Crippen LogP contribution in [0.5, 0.6) is 11.8 Å². The highest BCUT2D eigenvalue weighted by atomic mass is 32.2. The zero-order valence-electron chi connectivity index (χ0n) is 26.8. The minimum absolute atomic E-state index is 0.00594. The van der Waals surface area contributed by atoms with E-state index in [-0.39, 0.29) is 57.3 Å². The van der Waals surface area contributed by atoms with Gasteiger partial charge in [0, 0.05) is 35.9 Å². The summed E-state index contributed by atoms with van der Waals surface area (Å²) in [6, 6.07) is 4.92. The van der Waals surface area contributed by atoms with Gasteiger partial charge in [-0.1, -0.05) is 6.07 Å². The number of amides is 2. The van der Waals surface area contributed by atoms with E-state index in [4.69, 9.17) is 14.2 Å². The number of anilines is 3. The van der Waals surface area contributed by atoms with Gasteiger partial charge in [0.15, 0.2) is 0 Å². The highest BCUT2D eigenvalue weighted by Gasteiger charge is 2.70. The number of nitrogens with one attached hydrogen (secondary N) is 3. The molecule has 18 heteroatoms. The van der Waals surface area contributed by atoms with Crippen LogP contribution in [0, 0.1) is 0 Å². The van der Waals surface area contributed by atoms with E-state index in [0.717, 1.165) is 44.5 Å². The predicted octanol–water partition coefficient (Wildman–Crippen LogP) is 3.88. The molecule has 0 radical (unpaired) electrons. The summed E-state index contributed by atoms with van der Waals surface area (Å²) in [5, 5.41) is 8.50. The zero-order chi connectivity index (χ0) is 35.2. The maximum absolute atomic E-state index is 14.0. The minimum atomic E-state index is -5.67. The first-order valence-electron chi connectivity index (χ1n) is 15.4. The first-order valence-corrected chi connectivity index (χ1v) is 16.8. The largest absolute Gasteiger partial charge is 0.501 e. The second-order valence-corrected chi connectivity index (χ2v) is 14.4. The van der Waals surface area contributed by atoms with E-state index in [0.29, 0.717) is 19.3 Å². The molecule has 2 bridgehead atoms. The lowest BCUT2D eigenvalue weighted by Crippen LogP contribution is -2.82. The Morgan fingerprint density at radius 1 is 1.02 bits per heavy atom.